The van der Waals surface area contributed by atoms with Gasteiger partial charge in [0.05, 0.1) is 19.2 Å². The molecule has 146 valence electrons. The summed E-state index contributed by atoms with van der Waals surface area (Å²) in [6, 6.07) is -0.988. The Hall–Kier alpha value is -2.15. The van der Waals surface area contributed by atoms with Gasteiger partial charge in [0.1, 0.15) is 5.76 Å². The maximum atomic E-state index is 12.5. The van der Waals surface area contributed by atoms with E-state index in [1.54, 1.807) is 19.9 Å². The summed E-state index contributed by atoms with van der Waals surface area (Å²) in [4.78, 5) is 39.7. The zero-order valence-electron chi connectivity index (χ0n) is 16.8. The van der Waals surface area contributed by atoms with Gasteiger partial charge in [-0.05, 0) is 40.3 Å². The quantitative estimate of drug-likeness (QED) is 0.656. The molecule has 0 aliphatic carbocycles. The Balaban J connectivity index is 2.67. The van der Waals surface area contributed by atoms with E-state index >= 15 is 0 Å². The Morgan fingerprint density at radius 1 is 1.35 bits per heavy atom. The molecule has 0 saturated heterocycles. The summed E-state index contributed by atoms with van der Waals surface area (Å²) in [6.45, 7) is 7.66. The highest BCUT2D eigenvalue weighted by Gasteiger charge is 2.34. The van der Waals surface area contributed by atoms with Crippen molar-refractivity contribution in [3.8, 4) is 0 Å². The highest BCUT2D eigenvalue weighted by molar-refractivity contribution is 6.07. The van der Waals surface area contributed by atoms with Gasteiger partial charge < -0.3 is 10.1 Å². The van der Waals surface area contributed by atoms with Crippen LogP contribution in [0.1, 0.15) is 34.1 Å². The van der Waals surface area contributed by atoms with Crippen LogP contribution in [-0.4, -0.2) is 66.9 Å². The van der Waals surface area contributed by atoms with E-state index < -0.39 is 17.9 Å². The van der Waals surface area contributed by atoms with Crippen molar-refractivity contribution in [3.63, 3.8) is 0 Å². The average Bonchev–Trinajstić information content (AvgIpc) is 2.83. The number of carbonyl (C=O) groups is 3. The Labute approximate surface area is 156 Å². The predicted molar refractivity (Wildman–Crippen MR) is 100 cm³/mol. The highest BCUT2D eigenvalue weighted by atomic mass is 16.5. The van der Waals surface area contributed by atoms with Crippen LogP contribution >= 0.6 is 0 Å². The van der Waals surface area contributed by atoms with E-state index in [0.29, 0.717) is 11.7 Å². The van der Waals surface area contributed by atoms with Gasteiger partial charge in [-0.2, -0.15) is 0 Å². The summed E-state index contributed by atoms with van der Waals surface area (Å²) in [5, 5.41) is 2.89. The number of likely N-dealkylation sites (N-methyl/N-ethyl adjacent to an activating group) is 1. The molecule has 0 bridgehead atoms. The summed E-state index contributed by atoms with van der Waals surface area (Å²) in [6.07, 6.45) is 4.97. The first-order valence-electron chi connectivity index (χ1n) is 8.86. The second kappa shape index (κ2) is 9.52. The number of hydrogen-bond donors (Lipinski definition) is 1. The topological polar surface area (TPSA) is 79.0 Å². The fourth-order valence-corrected chi connectivity index (χ4v) is 2.83. The molecule has 0 fully saturated rings. The first kappa shape index (κ1) is 21.9. The molecular weight excluding hydrogens is 334 g/mol. The summed E-state index contributed by atoms with van der Waals surface area (Å²) in [5.41, 5.74) is 0. The van der Waals surface area contributed by atoms with Crippen molar-refractivity contribution in [3.05, 3.63) is 24.0 Å². The number of carbonyl (C=O) groups excluding carboxylic acids is 3. The number of imide groups is 1. The second-order valence-electron chi connectivity index (χ2n) is 7.24. The molecular formula is C19H31N3O4. The molecule has 0 unspecified atom stereocenters. The van der Waals surface area contributed by atoms with Gasteiger partial charge in [-0.3, -0.25) is 24.2 Å². The van der Waals surface area contributed by atoms with E-state index in [9.17, 15) is 14.4 Å². The second-order valence-corrected chi connectivity index (χ2v) is 7.24. The number of ether oxygens (including phenoxy) is 1. The Kier molecular flexibility index (Phi) is 8.02. The fraction of sp³-hybridized carbons (Fsp3) is 0.632. The lowest BCUT2D eigenvalue weighted by molar-refractivity contribution is -0.139. The van der Waals surface area contributed by atoms with Crippen molar-refractivity contribution < 1.29 is 19.1 Å². The van der Waals surface area contributed by atoms with Crippen molar-refractivity contribution >= 4 is 17.7 Å². The summed E-state index contributed by atoms with van der Waals surface area (Å²) in [7, 11) is 5.21. The molecule has 1 aliphatic rings. The van der Waals surface area contributed by atoms with Gasteiger partial charge in [0.25, 0.3) is 11.8 Å². The maximum Gasteiger partial charge on any atom is 0.257 e. The Morgan fingerprint density at radius 2 is 1.96 bits per heavy atom. The van der Waals surface area contributed by atoms with Crippen LogP contribution < -0.4 is 5.32 Å². The van der Waals surface area contributed by atoms with Crippen molar-refractivity contribution in [1.29, 1.82) is 0 Å². The lowest BCUT2D eigenvalue weighted by Gasteiger charge is -2.26. The minimum atomic E-state index is -0.432. The van der Waals surface area contributed by atoms with E-state index in [4.69, 9.17) is 4.74 Å². The highest BCUT2D eigenvalue weighted by Crippen LogP contribution is 2.20. The number of nitrogens with one attached hydrogen (secondary N) is 1. The van der Waals surface area contributed by atoms with Crippen LogP contribution in [0.25, 0.3) is 0 Å². The van der Waals surface area contributed by atoms with Crippen LogP contribution in [0, 0.1) is 5.92 Å². The predicted octanol–water partition coefficient (Wildman–Crippen LogP) is 1.31. The van der Waals surface area contributed by atoms with Crippen molar-refractivity contribution in [1.82, 2.24) is 15.1 Å². The zero-order valence-corrected chi connectivity index (χ0v) is 16.8. The van der Waals surface area contributed by atoms with Crippen molar-refractivity contribution in [2.45, 2.75) is 52.2 Å². The molecule has 0 aromatic carbocycles. The molecule has 0 spiro atoms. The Bertz CT molecular complexity index is 596. The lowest BCUT2D eigenvalue weighted by Crippen LogP contribution is -2.46. The van der Waals surface area contributed by atoms with Crippen LogP contribution in [0.5, 0.6) is 0 Å². The van der Waals surface area contributed by atoms with E-state index in [0.717, 1.165) is 11.3 Å². The van der Waals surface area contributed by atoms with Gasteiger partial charge in [0.2, 0.25) is 5.91 Å². The number of rotatable bonds is 8. The van der Waals surface area contributed by atoms with Gasteiger partial charge in [0.15, 0.2) is 0 Å². The van der Waals surface area contributed by atoms with Gasteiger partial charge in [-0.25, -0.2) is 0 Å². The van der Waals surface area contributed by atoms with Crippen LogP contribution in [0.4, 0.5) is 0 Å². The summed E-state index contributed by atoms with van der Waals surface area (Å²) in [5.74, 6) is -0.0582. The van der Waals surface area contributed by atoms with Crippen LogP contribution in [0.3, 0.4) is 0 Å². The van der Waals surface area contributed by atoms with E-state index in [1.807, 2.05) is 19.0 Å². The first-order chi connectivity index (χ1) is 12.1. The standard InChI is InChI=1S/C19H31N3O4/c1-12(2)10-15(21(5)6)19(25)20-13(3)8-9-17(23)22-14(4)16(26-7)11-18(22)24/h8-9,11-15H,10H2,1-7H3,(H,20,25)/b9-8+/t13-,14-,15-/m0/s1. The van der Waals surface area contributed by atoms with Gasteiger partial charge in [-0.15, -0.1) is 0 Å². The molecule has 1 aliphatic heterocycles. The molecule has 1 N–H and O–H groups in total. The molecule has 0 aromatic heterocycles. The zero-order chi connectivity index (χ0) is 20.0. The van der Waals surface area contributed by atoms with Crippen LogP contribution in [0.2, 0.25) is 0 Å². The van der Waals surface area contributed by atoms with E-state index in [2.05, 4.69) is 19.2 Å². The summed E-state index contributed by atoms with van der Waals surface area (Å²) < 4.78 is 5.09. The van der Waals surface area contributed by atoms with Crippen LogP contribution in [-0.2, 0) is 19.1 Å². The van der Waals surface area contributed by atoms with Gasteiger partial charge in [0, 0.05) is 18.2 Å². The van der Waals surface area contributed by atoms with E-state index in [1.165, 1.54) is 19.3 Å². The lowest BCUT2D eigenvalue weighted by atomic mass is 10.0. The smallest absolute Gasteiger partial charge is 0.257 e. The summed E-state index contributed by atoms with van der Waals surface area (Å²) >= 11 is 0. The normalized spacial score (nSPS) is 19.9. The maximum absolute atomic E-state index is 12.5. The molecule has 3 amide bonds. The number of amides is 3. The van der Waals surface area contributed by atoms with E-state index in [-0.39, 0.29) is 18.0 Å². The molecule has 3 atom stereocenters. The van der Waals surface area contributed by atoms with Gasteiger partial charge in [-0.1, -0.05) is 19.9 Å². The average molecular weight is 365 g/mol. The number of nitrogens with zero attached hydrogens (tertiary/aromatic N) is 2. The number of hydrogen-bond acceptors (Lipinski definition) is 5. The first-order valence-corrected chi connectivity index (χ1v) is 8.86. The molecule has 26 heavy (non-hydrogen) atoms. The number of methoxy groups -OCH3 is 1. The van der Waals surface area contributed by atoms with Crippen LogP contribution in [0.15, 0.2) is 24.0 Å². The molecule has 1 rings (SSSR count). The molecule has 0 saturated carbocycles. The third-order valence-electron chi connectivity index (χ3n) is 4.29. The van der Waals surface area contributed by atoms with Crippen molar-refractivity contribution in [2.75, 3.05) is 21.2 Å². The van der Waals surface area contributed by atoms with Crippen molar-refractivity contribution in [2.24, 2.45) is 5.92 Å². The molecule has 0 radical (unpaired) electrons. The Morgan fingerprint density at radius 3 is 2.42 bits per heavy atom. The minimum absolute atomic E-state index is 0.0812. The molecule has 7 heteroatoms. The fourth-order valence-electron chi connectivity index (χ4n) is 2.83. The van der Waals surface area contributed by atoms with Gasteiger partial charge >= 0.3 is 0 Å². The monoisotopic (exact) mass is 365 g/mol. The largest absolute Gasteiger partial charge is 0.499 e. The molecule has 1 heterocycles. The SMILES string of the molecule is COC1=CC(=O)N(C(=O)/C=C/[C@H](C)NC(=O)[C@H](CC(C)C)N(C)C)[C@H]1C. The third-order valence-corrected chi connectivity index (χ3v) is 4.29. The third kappa shape index (κ3) is 5.69. The minimum Gasteiger partial charge on any atom is -0.499 e. The molecule has 7 nitrogen and oxygen atoms in total. The molecule has 0 aromatic rings.